The van der Waals surface area contributed by atoms with Crippen molar-refractivity contribution < 1.29 is 14.3 Å². The van der Waals surface area contributed by atoms with Crippen LogP contribution in [-0.2, 0) is 9.53 Å². The first-order chi connectivity index (χ1) is 7.79. The monoisotopic (exact) mass is 239 g/mol. The van der Waals surface area contributed by atoms with Crippen LogP contribution in [0.25, 0.3) is 0 Å². The van der Waals surface area contributed by atoms with Crippen molar-refractivity contribution in [1.29, 1.82) is 0 Å². The highest BCUT2D eigenvalue weighted by Crippen LogP contribution is 2.41. The molecule has 0 saturated heterocycles. The molecule has 0 aromatic carbocycles. The molecule has 0 heterocycles. The van der Waals surface area contributed by atoms with Crippen LogP contribution in [0.15, 0.2) is 12.7 Å². The lowest BCUT2D eigenvalue weighted by Crippen LogP contribution is -2.48. The van der Waals surface area contributed by atoms with E-state index in [0.717, 1.165) is 19.3 Å². The summed E-state index contributed by atoms with van der Waals surface area (Å²) in [6.45, 7) is 9.26. The van der Waals surface area contributed by atoms with E-state index in [1.165, 1.54) is 6.08 Å². The Hall–Kier alpha value is -1.32. The Morgan fingerprint density at radius 2 is 2.00 bits per heavy atom. The first kappa shape index (κ1) is 13.7. The maximum Gasteiger partial charge on any atom is 0.407 e. The molecule has 0 radical (unpaired) electrons. The van der Waals surface area contributed by atoms with Gasteiger partial charge in [-0.3, -0.25) is 4.79 Å². The van der Waals surface area contributed by atoms with E-state index in [1.807, 2.05) is 0 Å². The van der Waals surface area contributed by atoms with E-state index in [0.29, 0.717) is 6.54 Å². The minimum atomic E-state index is -0.515. The molecule has 0 bridgehead atoms. The van der Waals surface area contributed by atoms with Gasteiger partial charge in [0.15, 0.2) is 5.78 Å². The highest BCUT2D eigenvalue weighted by molar-refractivity contribution is 5.95. The summed E-state index contributed by atoms with van der Waals surface area (Å²) in [5.74, 6) is 0.0137. The summed E-state index contributed by atoms with van der Waals surface area (Å²) < 4.78 is 5.13. The van der Waals surface area contributed by atoms with Gasteiger partial charge in [0.1, 0.15) is 5.60 Å². The van der Waals surface area contributed by atoms with E-state index in [1.54, 1.807) is 20.8 Å². The smallest absolute Gasteiger partial charge is 0.407 e. The molecule has 4 nitrogen and oxygen atoms in total. The number of hydrogen-bond donors (Lipinski definition) is 1. The molecule has 0 aliphatic heterocycles. The van der Waals surface area contributed by atoms with Crippen LogP contribution in [0.5, 0.6) is 0 Å². The molecule has 0 aromatic heterocycles. The minimum absolute atomic E-state index is 0.0137. The molecule has 1 amide bonds. The molecular formula is C13H21NO3. The van der Waals surface area contributed by atoms with Crippen molar-refractivity contribution in [3.63, 3.8) is 0 Å². The van der Waals surface area contributed by atoms with Gasteiger partial charge in [0.2, 0.25) is 0 Å². The van der Waals surface area contributed by atoms with Crippen molar-refractivity contribution in [2.75, 3.05) is 6.54 Å². The maximum atomic E-state index is 11.7. The molecule has 1 aliphatic carbocycles. The second-order valence-electron chi connectivity index (χ2n) is 5.56. The Bertz CT molecular complexity index is 324. The Kier molecular flexibility index (Phi) is 3.96. The molecule has 0 unspecified atom stereocenters. The molecule has 17 heavy (non-hydrogen) atoms. The standard InChI is InChI=1S/C13H21NO3/c1-5-10(15)13(7-6-8-13)9-14-11(16)17-12(2,3)4/h5H,1,6-9H2,2-4H3,(H,14,16). The van der Waals surface area contributed by atoms with Crippen molar-refractivity contribution in [2.24, 2.45) is 5.41 Å². The third kappa shape index (κ3) is 3.58. The van der Waals surface area contributed by atoms with Crippen LogP contribution in [0.2, 0.25) is 0 Å². The maximum absolute atomic E-state index is 11.7. The number of carbonyl (C=O) groups is 2. The van der Waals surface area contributed by atoms with Gasteiger partial charge in [0.25, 0.3) is 0 Å². The largest absolute Gasteiger partial charge is 0.444 e. The summed E-state index contributed by atoms with van der Waals surface area (Å²) in [6, 6.07) is 0. The summed E-state index contributed by atoms with van der Waals surface area (Å²) in [5, 5.41) is 2.67. The van der Waals surface area contributed by atoms with Gasteiger partial charge in [-0.25, -0.2) is 4.79 Å². The third-order valence-corrected chi connectivity index (χ3v) is 2.99. The predicted octanol–water partition coefficient (Wildman–Crippen LogP) is 2.44. The summed E-state index contributed by atoms with van der Waals surface area (Å²) in [6.07, 6.45) is 3.52. The molecule has 1 rings (SSSR count). The van der Waals surface area contributed by atoms with Gasteiger partial charge >= 0.3 is 6.09 Å². The second kappa shape index (κ2) is 4.90. The summed E-state index contributed by atoms with van der Waals surface area (Å²) >= 11 is 0. The van der Waals surface area contributed by atoms with Crippen molar-refractivity contribution in [3.05, 3.63) is 12.7 Å². The van der Waals surface area contributed by atoms with E-state index < -0.39 is 17.1 Å². The topological polar surface area (TPSA) is 55.4 Å². The lowest BCUT2D eigenvalue weighted by Gasteiger charge is -2.39. The lowest BCUT2D eigenvalue weighted by atomic mass is 9.66. The fourth-order valence-corrected chi connectivity index (χ4v) is 1.89. The first-order valence-electron chi connectivity index (χ1n) is 5.93. The van der Waals surface area contributed by atoms with E-state index in [9.17, 15) is 9.59 Å². The average Bonchev–Trinajstić information content (AvgIpc) is 2.12. The Morgan fingerprint density at radius 1 is 1.41 bits per heavy atom. The average molecular weight is 239 g/mol. The molecule has 96 valence electrons. The Labute approximate surface area is 102 Å². The van der Waals surface area contributed by atoms with Crippen molar-refractivity contribution in [2.45, 2.75) is 45.6 Å². The zero-order chi connectivity index (χ0) is 13.1. The number of alkyl carbamates (subject to hydrolysis) is 1. The zero-order valence-corrected chi connectivity index (χ0v) is 10.8. The van der Waals surface area contributed by atoms with Crippen LogP contribution < -0.4 is 5.32 Å². The molecule has 0 aromatic rings. The van der Waals surface area contributed by atoms with E-state index in [4.69, 9.17) is 4.74 Å². The van der Waals surface area contributed by atoms with Gasteiger partial charge in [0, 0.05) is 6.54 Å². The highest BCUT2D eigenvalue weighted by atomic mass is 16.6. The number of rotatable bonds is 4. The first-order valence-corrected chi connectivity index (χ1v) is 5.93. The van der Waals surface area contributed by atoms with Gasteiger partial charge in [-0.1, -0.05) is 13.0 Å². The third-order valence-electron chi connectivity index (χ3n) is 2.99. The number of carbonyl (C=O) groups excluding carboxylic acids is 2. The fourth-order valence-electron chi connectivity index (χ4n) is 1.89. The molecule has 1 N–H and O–H groups in total. The quantitative estimate of drug-likeness (QED) is 0.767. The number of ketones is 1. The molecular weight excluding hydrogens is 218 g/mol. The summed E-state index contributed by atoms with van der Waals surface area (Å²) in [7, 11) is 0. The van der Waals surface area contributed by atoms with Crippen LogP contribution in [0.1, 0.15) is 40.0 Å². The van der Waals surface area contributed by atoms with Crippen LogP contribution in [0, 0.1) is 5.41 Å². The lowest BCUT2D eigenvalue weighted by molar-refractivity contribution is -0.128. The number of nitrogens with one attached hydrogen (secondary N) is 1. The van der Waals surface area contributed by atoms with E-state index >= 15 is 0 Å². The van der Waals surface area contributed by atoms with E-state index in [-0.39, 0.29) is 5.78 Å². The molecule has 1 aliphatic rings. The van der Waals surface area contributed by atoms with Crippen LogP contribution in [-0.4, -0.2) is 24.0 Å². The molecule has 0 spiro atoms. The van der Waals surface area contributed by atoms with E-state index in [2.05, 4.69) is 11.9 Å². The summed E-state index contributed by atoms with van der Waals surface area (Å²) in [4.78, 5) is 23.2. The van der Waals surface area contributed by atoms with Crippen LogP contribution >= 0.6 is 0 Å². The Balaban J connectivity index is 2.46. The Morgan fingerprint density at radius 3 is 2.35 bits per heavy atom. The number of allylic oxidation sites excluding steroid dienone is 1. The van der Waals surface area contributed by atoms with Gasteiger partial charge in [-0.05, 0) is 39.7 Å². The molecule has 4 heteroatoms. The van der Waals surface area contributed by atoms with Gasteiger partial charge in [0.05, 0.1) is 5.41 Å². The zero-order valence-electron chi connectivity index (χ0n) is 10.8. The normalized spacial score (nSPS) is 17.8. The highest BCUT2D eigenvalue weighted by Gasteiger charge is 2.42. The van der Waals surface area contributed by atoms with Gasteiger partial charge in [-0.2, -0.15) is 0 Å². The fraction of sp³-hybridized carbons (Fsp3) is 0.692. The van der Waals surface area contributed by atoms with Crippen LogP contribution in [0.4, 0.5) is 4.79 Å². The number of amides is 1. The summed E-state index contributed by atoms with van der Waals surface area (Å²) in [5.41, 5.74) is -0.946. The van der Waals surface area contributed by atoms with Crippen LogP contribution in [0.3, 0.4) is 0 Å². The number of hydrogen-bond acceptors (Lipinski definition) is 3. The van der Waals surface area contributed by atoms with Crippen molar-refractivity contribution in [3.8, 4) is 0 Å². The molecule has 1 fully saturated rings. The SMILES string of the molecule is C=CC(=O)C1(CNC(=O)OC(C)(C)C)CCC1. The molecule has 1 saturated carbocycles. The second-order valence-corrected chi connectivity index (χ2v) is 5.56. The molecule has 0 atom stereocenters. The van der Waals surface area contributed by atoms with Gasteiger partial charge in [-0.15, -0.1) is 0 Å². The van der Waals surface area contributed by atoms with Gasteiger partial charge < -0.3 is 10.1 Å². The van der Waals surface area contributed by atoms with Crippen molar-refractivity contribution >= 4 is 11.9 Å². The van der Waals surface area contributed by atoms with Crippen molar-refractivity contribution in [1.82, 2.24) is 5.32 Å². The number of ether oxygens (including phenoxy) is 1. The predicted molar refractivity (Wildman–Crippen MR) is 65.7 cm³/mol. The minimum Gasteiger partial charge on any atom is -0.444 e.